The van der Waals surface area contributed by atoms with Gasteiger partial charge in [-0.05, 0) is 125 Å². The van der Waals surface area contributed by atoms with Crippen molar-refractivity contribution in [1.82, 2.24) is 0 Å². The van der Waals surface area contributed by atoms with Crippen molar-refractivity contribution < 1.29 is 33.4 Å². The number of carbonyl (C=O) groups excluding carboxylic acids is 4. The van der Waals surface area contributed by atoms with Gasteiger partial charge in [-0.15, -0.1) is 0 Å². The van der Waals surface area contributed by atoms with E-state index in [0.717, 1.165) is 47.9 Å². The van der Waals surface area contributed by atoms with E-state index in [-0.39, 0.29) is 47.2 Å². The number of halogens is 1. The standard InChI is InChI=1S/C39H48ClN3O7/c1-18-19(2)33-22(20(3)32(18)48-31(46)17-43-35(41)42)8-12-37(6,49-33)34(47)50-39(21(4)44)13-10-25-23-15-29(40)28-16-30(45)24-14-27(24)38(28,7)26(23)9-11-36(25,39)5/h15-16,23-27H,8-14,17H2,1-7H3,(H4,41,42,43)/t23?,24?,25?,26?,27-,36?,37?,38?,39-/m0/s1. The molecule has 268 valence electrons. The third kappa shape index (κ3) is 4.76. The molecule has 0 amide bonds. The van der Waals surface area contributed by atoms with Gasteiger partial charge in [-0.1, -0.05) is 31.5 Å². The van der Waals surface area contributed by atoms with E-state index < -0.39 is 28.6 Å². The van der Waals surface area contributed by atoms with E-state index in [9.17, 15) is 19.2 Å². The summed E-state index contributed by atoms with van der Waals surface area (Å²) in [4.78, 5) is 57.2. The van der Waals surface area contributed by atoms with E-state index in [4.69, 9.17) is 37.3 Å². The molecule has 0 aromatic heterocycles. The Bertz CT molecular complexity index is 1850. The van der Waals surface area contributed by atoms with Gasteiger partial charge in [0.05, 0.1) is 0 Å². The number of carbonyl (C=O) groups is 4. The van der Waals surface area contributed by atoms with Gasteiger partial charge < -0.3 is 25.7 Å². The molecule has 4 N–H and O–H groups in total. The molecule has 50 heavy (non-hydrogen) atoms. The summed E-state index contributed by atoms with van der Waals surface area (Å²) < 4.78 is 18.8. The van der Waals surface area contributed by atoms with Crippen LogP contribution in [0.25, 0.3) is 0 Å². The molecule has 0 saturated heterocycles. The predicted molar refractivity (Wildman–Crippen MR) is 188 cm³/mol. The minimum atomic E-state index is -1.34. The average molecular weight is 706 g/mol. The van der Waals surface area contributed by atoms with Gasteiger partial charge in [0.15, 0.2) is 23.1 Å². The lowest BCUT2D eigenvalue weighted by Crippen LogP contribution is -2.60. The lowest BCUT2D eigenvalue weighted by Gasteiger charge is -2.58. The number of esters is 2. The highest BCUT2D eigenvalue weighted by Crippen LogP contribution is 2.72. The zero-order valence-electron chi connectivity index (χ0n) is 30.0. The number of hydrogen-bond acceptors (Lipinski definition) is 8. The van der Waals surface area contributed by atoms with Crippen LogP contribution in [0.2, 0.25) is 0 Å². The first-order valence-electron chi connectivity index (χ1n) is 17.9. The molecule has 5 aliphatic carbocycles. The third-order valence-corrected chi connectivity index (χ3v) is 14.3. The van der Waals surface area contributed by atoms with Crippen LogP contribution in [0.15, 0.2) is 27.7 Å². The zero-order valence-corrected chi connectivity index (χ0v) is 30.8. The summed E-state index contributed by atoms with van der Waals surface area (Å²) in [7, 11) is 0. The Morgan fingerprint density at radius 3 is 2.38 bits per heavy atom. The first-order valence-corrected chi connectivity index (χ1v) is 18.2. The number of guanidine groups is 1. The van der Waals surface area contributed by atoms with E-state index in [1.165, 1.54) is 0 Å². The smallest absolute Gasteiger partial charge is 0.351 e. The highest BCUT2D eigenvalue weighted by atomic mass is 35.5. The summed E-state index contributed by atoms with van der Waals surface area (Å²) in [6.45, 7) is 13.0. The minimum Gasteiger partial charge on any atom is -0.475 e. The Morgan fingerprint density at radius 1 is 1.00 bits per heavy atom. The molecule has 7 rings (SSSR count). The van der Waals surface area contributed by atoms with Crippen LogP contribution < -0.4 is 20.9 Å². The topological polar surface area (TPSA) is 160 Å². The summed E-state index contributed by atoms with van der Waals surface area (Å²) in [5.41, 5.74) is 11.3. The highest BCUT2D eigenvalue weighted by molar-refractivity contribution is 6.32. The van der Waals surface area contributed by atoms with Crippen molar-refractivity contribution in [2.24, 2.45) is 56.9 Å². The molecule has 3 saturated carbocycles. The monoisotopic (exact) mass is 705 g/mol. The fraction of sp³-hybridized carbons (Fsp3) is 0.615. The molecule has 0 bridgehead atoms. The van der Waals surface area contributed by atoms with E-state index >= 15 is 0 Å². The number of ether oxygens (including phenoxy) is 3. The van der Waals surface area contributed by atoms with Crippen LogP contribution in [0.3, 0.4) is 0 Å². The molecule has 6 aliphatic rings. The molecular formula is C39H48ClN3O7. The molecule has 3 fully saturated rings. The van der Waals surface area contributed by atoms with Gasteiger partial charge in [0.25, 0.3) is 0 Å². The lowest BCUT2D eigenvalue weighted by atomic mass is 9.47. The molecule has 1 aromatic carbocycles. The van der Waals surface area contributed by atoms with Crippen molar-refractivity contribution >= 4 is 41.1 Å². The number of rotatable bonds is 6. The minimum absolute atomic E-state index is 0.0846. The van der Waals surface area contributed by atoms with Gasteiger partial charge in [0.2, 0.25) is 5.60 Å². The van der Waals surface area contributed by atoms with Crippen molar-refractivity contribution in [1.29, 1.82) is 0 Å². The summed E-state index contributed by atoms with van der Waals surface area (Å²) in [6, 6.07) is 0. The fourth-order valence-corrected chi connectivity index (χ4v) is 11.3. The van der Waals surface area contributed by atoms with Crippen LogP contribution in [0.1, 0.15) is 88.5 Å². The van der Waals surface area contributed by atoms with Crippen LogP contribution in [0.5, 0.6) is 11.5 Å². The van der Waals surface area contributed by atoms with Gasteiger partial charge in [-0.2, -0.15) is 0 Å². The molecular weight excluding hydrogens is 658 g/mol. The van der Waals surface area contributed by atoms with Crippen molar-refractivity contribution in [2.75, 3.05) is 6.54 Å². The Hall–Kier alpha value is -3.66. The van der Waals surface area contributed by atoms with Crippen molar-refractivity contribution in [3.8, 4) is 11.5 Å². The van der Waals surface area contributed by atoms with Crippen LogP contribution >= 0.6 is 11.6 Å². The predicted octanol–water partition coefficient (Wildman–Crippen LogP) is 5.48. The maximum Gasteiger partial charge on any atom is 0.351 e. The summed E-state index contributed by atoms with van der Waals surface area (Å²) in [5, 5.41) is 0.656. The van der Waals surface area contributed by atoms with Crippen LogP contribution in [-0.2, 0) is 30.3 Å². The van der Waals surface area contributed by atoms with E-state index in [1.54, 1.807) is 19.9 Å². The second kappa shape index (κ2) is 11.4. The quantitative estimate of drug-likeness (QED) is 0.169. The molecule has 7 unspecified atom stereocenters. The second-order valence-corrected chi connectivity index (χ2v) is 16.7. The van der Waals surface area contributed by atoms with Gasteiger partial charge in [0.1, 0.15) is 18.0 Å². The number of fused-ring (bicyclic) bond motifs is 8. The van der Waals surface area contributed by atoms with E-state index in [1.807, 2.05) is 20.8 Å². The van der Waals surface area contributed by atoms with E-state index in [2.05, 4.69) is 24.9 Å². The fourth-order valence-electron chi connectivity index (χ4n) is 10.9. The summed E-state index contributed by atoms with van der Waals surface area (Å²) in [5.74, 6) is 0.591. The van der Waals surface area contributed by atoms with Crippen molar-refractivity contribution in [2.45, 2.75) is 105 Å². The average Bonchev–Trinajstić information content (AvgIpc) is 3.82. The Balaban J connectivity index is 1.16. The first-order chi connectivity index (χ1) is 23.4. The normalized spacial score (nSPS) is 37.7. The maximum absolute atomic E-state index is 14.4. The number of allylic oxidation sites excluding steroid dienone is 4. The Labute approximate surface area is 298 Å². The molecule has 9 atom stereocenters. The Morgan fingerprint density at radius 2 is 1.70 bits per heavy atom. The number of Topliss-reactive ketones (excluding diaryl/α,β-unsaturated/α-hetero) is 1. The van der Waals surface area contributed by atoms with Crippen molar-refractivity contribution in [3.63, 3.8) is 0 Å². The lowest BCUT2D eigenvalue weighted by molar-refractivity contribution is -0.199. The van der Waals surface area contributed by atoms with Crippen LogP contribution in [0, 0.1) is 61.2 Å². The van der Waals surface area contributed by atoms with Crippen LogP contribution in [-0.4, -0.2) is 47.2 Å². The molecule has 11 heteroatoms. The van der Waals surface area contributed by atoms with Gasteiger partial charge >= 0.3 is 11.9 Å². The van der Waals surface area contributed by atoms with Gasteiger partial charge in [-0.3, -0.25) is 9.59 Å². The highest BCUT2D eigenvalue weighted by Gasteiger charge is 2.71. The first kappa shape index (κ1) is 34.8. The molecule has 1 heterocycles. The maximum atomic E-state index is 14.4. The summed E-state index contributed by atoms with van der Waals surface area (Å²) in [6.07, 6.45) is 8.39. The molecule has 0 spiro atoms. The second-order valence-electron chi connectivity index (χ2n) is 16.3. The molecule has 0 radical (unpaired) electrons. The molecule has 1 aromatic rings. The van der Waals surface area contributed by atoms with Crippen molar-refractivity contribution in [3.05, 3.63) is 45.0 Å². The molecule has 10 nitrogen and oxygen atoms in total. The number of nitrogens with two attached hydrogens (primary N) is 2. The number of aliphatic imine (C=N–C) groups is 1. The third-order valence-electron chi connectivity index (χ3n) is 14.0. The molecule has 1 aliphatic heterocycles. The number of ketones is 2. The summed E-state index contributed by atoms with van der Waals surface area (Å²) >= 11 is 6.99. The largest absolute Gasteiger partial charge is 0.475 e. The zero-order chi connectivity index (χ0) is 36.3. The number of benzene rings is 1. The van der Waals surface area contributed by atoms with Gasteiger partial charge in [-0.25, -0.2) is 14.6 Å². The van der Waals surface area contributed by atoms with E-state index in [0.29, 0.717) is 53.2 Å². The number of hydrogen-bond donors (Lipinski definition) is 2. The Kier molecular flexibility index (Phi) is 7.94. The number of nitrogens with zero attached hydrogens (tertiary/aromatic N) is 1. The van der Waals surface area contributed by atoms with Gasteiger partial charge in [0, 0.05) is 33.8 Å². The van der Waals surface area contributed by atoms with Crippen LogP contribution in [0.4, 0.5) is 0 Å². The SMILES string of the molecule is CC(=O)[C@@]1(OC(=O)C2(C)CCc3c(C)c(OC(=O)CN=C(N)N)c(C)c(C)c3O2)CCC2C3C=C(Cl)C4=CC(=O)C5C[C@@H]5C4(C)C3CCC21C.